The average molecular weight is 425 g/mol. The van der Waals surface area contributed by atoms with Crippen LogP contribution in [-0.4, -0.2) is 51.4 Å². The first kappa shape index (κ1) is 20.4. The number of carbonyl (C=O) groups is 1. The molecule has 0 unspecified atom stereocenters. The molecule has 164 valence electrons. The molecule has 1 amide bonds. The van der Waals surface area contributed by atoms with Crippen molar-refractivity contribution in [2.24, 2.45) is 0 Å². The van der Waals surface area contributed by atoms with Crippen LogP contribution < -0.4 is 5.56 Å². The number of hydrogen-bond acceptors (Lipinski definition) is 4. The van der Waals surface area contributed by atoms with Gasteiger partial charge in [0, 0.05) is 50.1 Å². The van der Waals surface area contributed by atoms with Crippen LogP contribution in [-0.2, 0) is 13.0 Å². The molecule has 2 fully saturated rings. The van der Waals surface area contributed by atoms with Crippen molar-refractivity contribution in [3.05, 3.63) is 63.1 Å². The molecule has 1 saturated carbocycles. The SMILES string of the molecule is O=C(c1cccc(F)c1)N1CC[C@H](c2nc3c(c(=O)[nH]2)CN(C2CCCCC2)CC3)C1. The second kappa shape index (κ2) is 8.54. The lowest BCUT2D eigenvalue weighted by Crippen LogP contribution is -2.43. The van der Waals surface area contributed by atoms with Gasteiger partial charge in [-0.25, -0.2) is 9.37 Å². The minimum absolute atomic E-state index is 0.00637. The minimum atomic E-state index is -0.412. The number of halogens is 1. The Morgan fingerprint density at radius 2 is 1.97 bits per heavy atom. The van der Waals surface area contributed by atoms with E-state index >= 15 is 0 Å². The summed E-state index contributed by atoms with van der Waals surface area (Å²) in [6.45, 7) is 2.72. The number of nitrogens with one attached hydrogen (secondary N) is 1. The van der Waals surface area contributed by atoms with Crippen molar-refractivity contribution in [3.8, 4) is 0 Å². The van der Waals surface area contributed by atoms with Crippen molar-refractivity contribution >= 4 is 5.91 Å². The van der Waals surface area contributed by atoms with Crippen LogP contribution in [0.5, 0.6) is 0 Å². The Kier molecular flexibility index (Phi) is 5.61. The molecule has 3 aliphatic rings. The van der Waals surface area contributed by atoms with Gasteiger partial charge in [-0.05, 0) is 37.5 Å². The Morgan fingerprint density at radius 1 is 1.13 bits per heavy atom. The molecule has 2 aromatic rings. The van der Waals surface area contributed by atoms with Crippen molar-refractivity contribution in [1.82, 2.24) is 19.8 Å². The summed E-state index contributed by atoms with van der Waals surface area (Å²) in [5.74, 6) is 0.103. The van der Waals surface area contributed by atoms with Crippen molar-refractivity contribution < 1.29 is 9.18 Å². The first-order chi connectivity index (χ1) is 15.1. The zero-order chi connectivity index (χ0) is 21.4. The molecule has 6 nitrogen and oxygen atoms in total. The molecule has 7 heteroatoms. The number of hydrogen-bond donors (Lipinski definition) is 1. The normalized spacial score (nSPS) is 22.5. The topological polar surface area (TPSA) is 69.3 Å². The van der Waals surface area contributed by atoms with Gasteiger partial charge in [-0.15, -0.1) is 0 Å². The number of carbonyl (C=O) groups excluding carboxylic acids is 1. The molecule has 1 N–H and O–H groups in total. The molecule has 1 aliphatic carbocycles. The molecule has 1 atom stereocenters. The number of H-pyrrole nitrogens is 1. The maximum atomic E-state index is 13.5. The van der Waals surface area contributed by atoms with Crippen molar-refractivity contribution in [3.63, 3.8) is 0 Å². The van der Waals surface area contributed by atoms with E-state index in [1.54, 1.807) is 17.0 Å². The molecule has 2 aliphatic heterocycles. The number of likely N-dealkylation sites (tertiary alicyclic amines) is 1. The van der Waals surface area contributed by atoms with Crippen LogP contribution in [0.4, 0.5) is 4.39 Å². The molecule has 31 heavy (non-hydrogen) atoms. The predicted molar refractivity (Wildman–Crippen MR) is 116 cm³/mol. The molecule has 3 heterocycles. The van der Waals surface area contributed by atoms with Gasteiger partial charge in [-0.2, -0.15) is 0 Å². The number of rotatable bonds is 3. The van der Waals surface area contributed by atoms with E-state index in [1.807, 2.05) is 0 Å². The van der Waals surface area contributed by atoms with Gasteiger partial charge >= 0.3 is 0 Å². The summed E-state index contributed by atoms with van der Waals surface area (Å²) in [4.78, 5) is 37.7. The first-order valence-corrected chi connectivity index (χ1v) is 11.5. The highest BCUT2D eigenvalue weighted by molar-refractivity contribution is 5.94. The van der Waals surface area contributed by atoms with E-state index in [9.17, 15) is 14.0 Å². The van der Waals surface area contributed by atoms with Gasteiger partial charge in [0.1, 0.15) is 11.6 Å². The van der Waals surface area contributed by atoms with E-state index in [4.69, 9.17) is 4.98 Å². The highest BCUT2D eigenvalue weighted by Gasteiger charge is 2.32. The van der Waals surface area contributed by atoms with Gasteiger partial charge in [0.15, 0.2) is 0 Å². The van der Waals surface area contributed by atoms with Gasteiger partial charge in [0.25, 0.3) is 11.5 Å². The number of amides is 1. The second-order valence-electron chi connectivity index (χ2n) is 9.14. The maximum Gasteiger partial charge on any atom is 0.255 e. The van der Waals surface area contributed by atoms with E-state index < -0.39 is 5.82 Å². The molecule has 5 rings (SSSR count). The second-order valence-corrected chi connectivity index (χ2v) is 9.14. The smallest absolute Gasteiger partial charge is 0.255 e. The maximum absolute atomic E-state index is 13.5. The molecular weight excluding hydrogens is 395 g/mol. The van der Waals surface area contributed by atoms with Gasteiger partial charge in [-0.3, -0.25) is 14.5 Å². The fourth-order valence-electron chi connectivity index (χ4n) is 5.39. The Bertz CT molecular complexity index is 1030. The van der Waals surface area contributed by atoms with Gasteiger partial charge < -0.3 is 9.88 Å². The van der Waals surface area contributed by atoms with E-state index in [0.29, 0.717) is 37.1 Å². The first-order valence-electron chi connectivity index (χ1n) is 11.5. The zero-order valence-corrected chi connectivity index (χ0v) is 17.8. The van der Waals surface area contributed by atoms with Crippen molar-refractivity contribution in [2.75, 3.05) is 19.6 Å². The van der Waals surface area contributed by atoms with Crippen LogP contribution in [0.3, 0.4) is 0 Å². The quantitative estimate of drug-likeness (QED) is 0.821. The molecule has 0 spiro atoms. The fraction of sp³-hybridized carbons (Fsp3) is 0.542. The van der Waals surface area contributed by atoms with Crippen LogP contribution in [0.25, 0.3) is 0 Å². The number of aromatic nitrogens is 2. The molecule has 0 radical (unpaired) electrons. The Morgan fingerprint density at radius 3 is 2.77 bits per heavy atom. The molecular formula is C24H29FN4O2. The highest BCUT2D eigenvalue weighted by Crippen LogP contribution is 2.29. The summed E-state index contributed by atoms with van der Waals surface area (Å²) < 4.78 is 13.5. The highest BCUT2D eigenvalue weighted by atomic mass is 19.1. The third kappa shape index (κ3) is 4.15. The van der Waals surface area contributed by atoms with Crippen LogP contribution >= 0.6 is 0 Å². The Hall–Kier alpha value is -2.54. The van der Waals surface area contributed by atoms with Gasteiger partial charge in [0.2, 0.25) is 0 Å². The molecule has 0 bridgehead atoms. The van der Waals surface area contributed by atoms with E-state index in [0.717, 1.165) is 30.6 Å². The standard InChI is InChI=1S/C24H29FN4O2/c25-18-6-4-5-16(13-18)24(31)29-11-9-17(14-29)22-26-21-10-12-28(15-20(21)23(30)27-22)19-7-2-1-3-8-19/h4-6,13,17,19H,1-3,7-12,14-15H2,(H,26,27,30)/t17-/m0/s1. The number of aromatic amines is 1. The Labute approximate surface area is 181 Å². The number of fused-ring (bicyclic) bond motifs is 1. The van der Waals surface area contributed by atoms with Gasteiger partial charge in [-0.1, -0.05) is 25.3 Å². The van der Waals surface area contributed by atoms with Crippen molar-refractivity contribution in [1.29, 1.82) is 0 Å². The van der Waals surface area contributed by atoms with E-state index in [1.165, 1.54) is 44.2 Å². The lowest BCUT2D eigenvalue weighted by Gasteiger charge is -2.37. The average Bonchev–Trinajstić information content (AvgIpc) is 3.29. The van der Waals surface area contributed by atoms with E-state index in [2.05, 4.69) is 9.88 Å². The minimum Gasteiger partial charge on any atom is -0.338 e. The largest absolute Gasteiger partial charge is 0.338 e. The summed E-state index contributed by atoms with van der Waals surface area (Å²) in [7, 11) is 0. The summed E-state index contributed by atoms with van der Waals surface area (Å²) in [5, 5.41) is 0. The summed E-state index contributed by atoms with van der Waals surface area (Å²) in [5.41, 5.74) is 2.05. The van der Waals surface area contributed by atoms with Crippen LogP contribution in [0.1, 0.15) is 71.9 Å². The van der Waals surface area contributed by atoms with Crippen LogP contribution in [0.15, 0.2) is 29.1 Å². The monoisotopic (exact) mass is 424 g/mol. The summed E-state index contributed by atoms with van der Waals surface area (Å²) in [6.07, 6.45) is 7.92. The lowest BCUT2D eigenvalue weighted by atomic mass is 9.92. The fourth-order valence-corrected chi connectivity index (χ4v) is 5.39. The van der Waals surface area contributed by atoms with E-state index in [-0.39, 0.29) is 17.4 Å². The number of nitrogens with zero attached hydrogens (tertiary/aromatic N) is 3. The third-order valence-corrected chi connectivity index (χ3v) is 7.14. The lowest BCUT2D eigenvalue weighted by molar-refractivity contribution is 0.0790. The van der Waals surface area contributed by atoms with Crippen molar-refractivity contribution in [2.45, 2.75) is 63.5 Å². The molecule has 1 saturated heterocycles. The molecule has 1 aromatic carbocycles. The molecule has 1 aromatic heterocycles. The summed E-state index contributed by atoms with van der Waals surface area (Å²) in [6, 6.07) is 6.39. The third-order valence-electron chi connectivity index (χ3n) is 7.14. The van der Waals surface area contributed by atoms with Crippen LogP contribution in [0, 0.1) is 5.82 Å². The summed E-state index contributed by atoms with van der Waals surface area (Å²) >= 11 is 0. The van der Waals surface area contributed by atoms with Gasteiger partial charge in [0.05, 0.1) is 11.3 Å². The zero-order valence-electron chi connectivity index (χ0n) is 17.8. The number of benzene rings is 1. The predicted octanol–water partition coefficient (Wildman–Crippen LogP) is 3.23. The van der Waals surface area contributed by atoms with Crippen LogP contribution in [0.2, 0.25) is 0 Å². The Balaban J connectivity index is 1.29.